The summed E-state index contributed by atoms with van der Waals surface area (Å²) in [4.78, 5) is 22.9. The number of aromatic nitrogens is 2. The molecule has 1 aromatic carbocycles. The van der Waals surface area contributed by atoms with Gasteiger partial charge in [-0.2, -0.15) is 0 Å². The summed E-state index contributed by atoms with van der Waals surface area (Å²) in [5.74, 6) is -0.208. The standard InChI is InChI=1S/C14H16N4O4S2/c1-3-10(11(19)20)23-14-18-17-13(24-14)16-12(21)15-8-4-6-9(22-2)7-5-8/h4-7,10H,3H2,1-2H3,(H,19,20)(H2,15,16,17,21)/t10-/m1/s1. The van der Waals surface area contributed by atoms with E-state index in [1.54, 1.807) is 38.3 Å². The van der Waals surface area contributed by atoms with Gasteiger partial charge in [-0.15, -0.1) is 10.2 Å². The van der Waals surface area contributed by atoms with Gasteiger partial charge >= 0.3 is 12.0 Å². The predicted molar refractivity (Wildman–Crippen MR) is 93.1 cm³/mol. The van der Waals surface area contributed by atoms with E-state index in [0.29, 0.717) is 27.3 Å². The Morgan fingerprint density at radius 2 is 2.00 bits per heavy atom. The Kier molecular flexibility index (Phi) is 6.38. The van der Waals surface area contributed by atoms with E-state index in [1.165, 1.54) is 0 Å². The van der Waals surface area contributed by atoms with Gasteiger partial charge in [-0.25, -0.2) is 4.79 Å². The smallest absolute Gasteiger partial charge is 0.325 e. The normalized spacial score (nSPS) is 11.6. The van der Waals surface area contributed by atoms with Gasteiger partial charge in [-0.3, -0.25) is 10.1 Å². The lowest BCUT2D eigenvalue weighted by atomic mass is 10.3. The average molecular weight is 368 g/mol. The minimum Gasteiger partial charge on any atom is -0.497 e. The largest absolute Gasteiger partial charge is 0.497 e. The fourth-order valence-electron chi connectivity index (χ4n) is 1.67. The van der Waals surface area contributed by atoms with Gasteiger partial charge in [-0.05, 0) is 30.7 Å². The van der Waals surface area contributed by atoms with Crippen LogP contribution in [0.5, 0.6) is 5.75 Å². The Morgan fingerprint density at radius 3 is 2.58 bits per heavy atom. The number of hydrogen-bond acceptors (Lipinski definition) is 7. The third-order valence-electron chi connectivity index (χ3n) is 2.86. The van der Waals surface area contributed by atoms with E-state index < -0.39 is 17.3 Å². The number of benzene rings is 1. The molecule has 8 nitrogen and oxygen atoms in total. The number of ether oxygens (including phenoxy) is 1. The predicted octanol–water partition coefficient (Wildman–Crippen LogP) is 3.15. The van der Waals surface area contributed by atoms with Crippen LogP contribution in [-0.2, 0) is 4.79 Å². The molecule has 0 unspecified atom stereocenters. The van der Waals surface area contributed by atoms with Crippen LogP contribution >= 0.6 is 23.1 Å². The summed E-state index contributed by atoms with van der Waals surface area (Å²) in [6, 6.07) is 6.41. The zero-order valence-corrected chi connectivity index (χ0v) is 14.6. The number of carboxylic acid groups (broad SMARTS) is 1. The Hall–Kier alpha value is -2.33. The molecule has 2 rings (SSSR count). The monoisotopic (exact) mass is 368 g/mol. The van der Waals surface area contributed by atoms with Crippen molar-refractivity contribution in [2.24, 2.45) is 0 Å². The van der Waals surface area contributed by atoms with Crippen LogP contribution in [0.25, 0.3) is 0 Å². The molecule has 128 valence electrons. The molecule has 10 heteroatoms. The summed E-state index contributed by atoms with van der Waals surface area (Å²) in [5, 5.41) is 21.7. The van der Waals surface area contributed by atoms with Gasteiger partial charge in [0.25, 0.3) is 0 Å². The van der Waals surface area contributed by atoms with Crippen molar-refractivity contribution >= 4 is 45.9 Å². The number of hydrogen-bond donors (Lipinski definition) is 3. The number of thioether (sulfide) groups is 1. The van der Waals surface area contributed by atoms with Crippen LogP contribution < -0.4 is 15.4 Å². The van der Waals surface area contributed by atoms with Crippen LogP contribution in [0, 0.1) is 0 Å². The quantitative estimate of drug-likeness (QED) is 0.508. The van der Waals surface area contributed by atoms with Crippen LogP contribution in [0.2, 0.25) is 0 Å². The highest BCUT2D eigenvalue weighted by Gasteiger charge is 2.19. The van der Waals surface area contributed by atoms with Crippen molar-refractivity contribution in [3.63, 3.8) is 0 Å². The summed E-state index contributed by atoms with van der Waals surface area (Å²) in [6.07, 6.45) is 0.473. The van der Waals surface area contributed by atoms with Crippen molar-refractivity contribution < 1.29 is 19.4 Å². The molecule has 1 aromatic heterocycles. The second-order valence-corrected chi connectivity index (χ2v) is 6.96. The maximum absolute atomic E-state index is 11.9. The zero-order chi connectivity index (χ0) is 17.5. The Bertz CT molecular complexity index is 705. The Morgan fingerprint density at radius 1 is 1.29 bits per heavy atom. The van der Waals surface area contributed by atoms with E-state index in [-0.39, 0.29) is 0 Å². The lowest BCUT2D eigenvalue weighted by Gasteiger charge is -2.06. The van der Waals surface area contributed by atoms with E-state index in [1.807, 2.05) is 0 Å². The van der Waals surface area contributed by atoms with Gasteiger partial charge in [0, 0.05) is 5.69 Å². The number of nitrogens with one attached hydrogen (secondary N) is 2. The van der Waals surface area contributed by atoms with E-state index in [0.717, 1.165) is 23.1 Å². The lowest BCUT2D eigenvalue weighted by molar-refractivity contribution is -0.136. The molecule has 0 bridgehead atoms. The number of aliphatic carboxylic acids is 1. The molecule has 0 aliphatic heterocycles. The molecule has 0 spiro atoms. The van der Waals surface area contributed by atoms with Gasteiger partial charge in [0.2, 0.25) is 5.13 Å². The Labute approximate surface area is 146 Å². The molecular weight excluding hydrogens is 352 g/mol. The highest BCUT2D eigenvalue weighted by Crippen LogP contribution is 2.30. The molecule has 3 N–H and O–H groups in total. The maximum atomic E-state index is 11.9. The van der Waals surface area contributed by atoms with E-state index >= 15 is 0 Å². The second kappa shape index (κ2) is 8.50. The van der Waals surface area contributed by atoms with E-state index in [2.05, 4.69) is 20.8 Å². The first-order chi connectivity index (χ1) is 11.5. The van der Waals surface area contributed by atoms with Gasteiger partial charge in [-0.1, -0.05) is 30.0 Å². The number of anilines is 2. The molecule has 2 amide bonds. The second-order valence-electron chi connectivity index (χ2n) is 4.53. The number of nitrogens with zero attached hydrogens (tertiary/aromatic N) is 2. The summed E-state index contributed by atoms with van der Waals surface area (Å²) in [5.41, 5.74) is 0.601. The number of rotatable bonds is 7. The lowest BCUT2D eigenvalue weighted by Crippen LogP contribution is -2.19. The molecule has 1 heterocycles. The molecule has 0 saturated carbocycles. The minimum atomic E-state index is -0.899. The van der Waals surface area contributed by atoms with Gasteiger partial charge in [0.1, 0.15) is 11.0 Å². The average Bonchev–Trinajstić information content (AvgIpc) is 3.00. The van der Waals surface area contributed by atoms with Crippen molar-refractivity contribution in [1.82, 2.24) is 10.2 Å². The molecule has 0 radical (unpaired) electrons. The number of carboxylic acids is 1. The number of amides is 2. The first kappa shape index (κ1) is 18.0. The third kappa shape index (κ3) is 5.10. The fraction of sp³-hybridized carbons (Fsp3) is 0.286. The molecular formula is C14H16N4O4S2. The number of methoxy groups -OCH3 is 1. The van der Waals surface area contributed by atoms with Crippen LogP contribution in [-0.4, -0.2) is 39.7 Å². The first-order valence-corrected chi connectivity index (χ1v) is 8.66. The molecule has 0 aliphatic rings. The minimum absolute atomic E-state index is 0.295. The van der Waals surface area contributed by atoms with Crippen molar-refractivity contribution in [2.45, 2.75) is 22.9 Å². The molecule has 0 saturated heterocycles. The molecule has 2 aromatic rings. The number of carbonyl (C=O) groups is 2. The number of urea groups is 1. The fourth-order valence-corrected chi connectivity index (χ4v) is 3.52. The van der Waals surface area contributed by atoms with Gasteiger partial charge in [0.15, 0.2) is 4.34 Å². The van der Waals surface area contributed by atoms with Crippen LogP contribution in [0.3, 0.4) is 0 Å². The van der Waals surface area contributed by atoms with Crippen molar-refractivity contribution in [2.75, 3.05) is 17.7 Å². The summed E-state index contributed by atoms with van der Waals surface area (Å²) in [6.45, 7) is 1.79. The topological polar surface area (TPSA) is 113 Å². The first-order valence-electron chi connectivity index (χ1n) is 6.96. The third-order valence-corrected chi connectivity index (χ3v) is 5.14. The van der Waals surface area contributed by atoms with Crippen LogP contribution in [0.4, 0.5) is 15.6 Å². The molecule has 24 heavy (non-hydrogen) atoms. The zero-order valence-electron chi connectivity index (χ0n) is 13.0. The van der Waals surface area contributed by atoms with Crippen molar-refractivity contribution in [3.8, 4) is 5.75 Å². The SMILES string of the molecule is CC[C@@H](Sc1nnc(NC(=O)Nc2ccc(OC)cc2)s1)C(=O)O. The van der Waals surface area contributed by atoms with Gasteiger partial charge in [0.05, 0.1) is 7.11 Å². The summed E-state index contributed by atoms with van der Waals surface area (Å²) in [7, 11) is 1.56. The molecule has 1 atom stereocenters. The highest BCUT2D eigenvalue weighted by atomic mass is 32.2. The van der Waals surface area contributed by atoms with Crippen LogP contribution in [0.1, 0.15) is 13.3 Å². The number of carbonyl (C=O) groups excluding carboxylic acids is 1. The summed E-state index contributed by atoms with van der Waals surface area (Å²) >= 11 is 2.24. The van der Waals surface area contributed by atoms with Gasteiger partial charge < -0.3 is 15.2 Å². The van der Waals surface area contributed by atoms with Crippen molar-refractivity contribution in [3.05, 3.63) is 24.3 Å². The molecule has 0 fully saturated rings. The van der Waals surface area contributed by atoms with Crippen molar-refractivity contribution in [1.29, 1.82) is 0 Å². The summed E-state index contributed by atoms with van der Waals surface area (Å²) < 4.78 is 5.53. The molecule has 0 aliphatic carbocycles. The maximum Gasteiger partial charge on any atom is 0.325 e. The van der Waals surface area contributed by atoms with Crippen LogP contribution in [0.15, 0.2) is 28.6 Å². The van der Waals surface area contributed by atoms with E-state index in [9.17, 15) is 9.59 Å². The highest BCUT2D eigenvalue weighted by molar-refractivity contribution is 8.02. The Balaban J connectivity index is 1.91. The van der Waals surface area contributed by atoms with E-state index in [4.69, 9.17) is 9.84 Å².